The smallest absolute Gasteiger partial charge is 0.253 e. The van der Waals surface area contributed by atoms with Gasteiger partial charge in [-0.1, -0.05) is 0 Å². The maximum atomic E-state index is 11.9. The number of halogens is 2. The molecule has 1 saturated heterocycles. The van der Waals surface area contributed by atoms with Gasteiger partial charge in [-0.15, -0.1) is 23.2 Å². The first kappa shape index (κ1) is 19.2. The van der Waals surface area contributed by atoms with Gasteiger partial charge < -0.3 is 26.0 Å². The molecule has 0 radical (unpaired) electrons. The van der Waals surface area contributed by atoms with Crippen LogP contribution in [-0.2, 0) is 4.79 Å². The summed E-state index contributed by atoms with van der Waals surface area (Å²) in [5, 5.41) is 28.0. The van der Waals surface area contributed by atoms with Crippen LogP contribution in [0, 0.1) is 11.8 Å². The Balaban J connectivity index is 1.92. The van der Waals surface area contributed by atoms with Gasteiger partial charge in [0.15, 0.2) is 6.10 Å². The molecule has 5 N–H and O–H groups in total. The van der Waals surface area contributed by atoms with E-state index in [1.54, 1.807) is 4.90 Å². The van der Waals surface area contributed by atoms with Crippen molar-refractivity contribution in [2.75, 3.05) is 19.7 Å². The molecule has 23 heavy (non-hydrogen) atoms. The minimum absolute atomic E-state index is 0.146. The number of nitrogens with two attached hydrogens (primary N) is 1. The number of aliphatic hydroxyl groups is 3. The molecule has 134 valence electrons. The zero-order valence-electron chi connectivity index (χ0n) is 13.0. The molecule has 1 aliphatic heterocycles. The van der Waals surface area contributed by atoms with Crippen LogP contribution in [0.4, 0.5) is 0 Å². The molecule has 0 aromatic heterocycles. The number of likely N-dealkylation sites (tertiary alicyclic amines) is 1. The Morgan fingerprint density at radius 1 is 1.22 bits per heavy atom. The number of alkyl halides is 2. The number of carbonyl (C=O) groups excluding carboxylic acids is 1. The van der Waals surface area contributed by atoms with Crippen LogP contribution >= 0.6 is 23.2 Å². The van der Waals surface area contributed by atoms with Crippen LogP contribution < -0.4 is 5.73 Å². The number of carbonyl (C=O) groups is 1. The largest absolute Gasteiger partial charge is 0.393 e. The van der Waals surface area contributed by atoms with Gasteiger partial charge in [0.05, 0.1) is 23.5 Å². The third-order valence-corrected chi connectivity index (χ3v) is 6.41. The van der Waals surface area contributed by atoms with E-state index in [0.717, 1.165) is 0 Å². The van der Waals surface area contributed by atoms with Gasteiger partial charge in [-0.25, -0.2) is 0 Å². The fourth-order valence-electron chi connectivity index (χ4n) is 3.71. The van der Waals surface area contributed by atoms with Crippen molar-refractivity contribution in [3.05, 3.63) is 0 Å². The van der Waals surface area contributed by atoms with Crippen LogP contribution in [0.2, 0.25) is 0 Å². The molecule has 6 atom stereocenters. The highest BCUT2D eigenvalue weighted by Crippen LogP contribution is 2.37. The second-order valence-electron chi connectivity index (χ2n) is 6.62. The van der Waals surface area contributed by atoms with Crippen molar-refractivity contribution in [2.24, 2.45) is 17.6 Å². The molecule has 1 amide bonds. The van der Waals surface area contributed by atoms with Crippen molar-refractivity contribution < 1.29 is 20.1 Å². The Morgan fingerprint density at radius 3 is 2.39 bits per heavy atom. The van der Waals surface area contributed by atoms with Crippen LogP contribution in [0.25, 0.3) is 0 Å². The molecule has 6 nitrogen and oxygen atoms in total. The van der Waals surface area contributed by atoms with Crippen molar-refractivity contribution in [1.29, 1.82) is 0 Å². The van der Waals surface area contributed by atoms with Gasteiger partial charge in [0.25, 0.3) is 5.91 Å². The van der Waals surface area contributed by atoms with E-state index < -0.39 is 24.7 Å². The molecule has 2 aliphatic rings. The highest BCUT2D eigenvalue weighted by atomic mass is 35.5. The van der Waals surface area contributed by atoms with Gasteiger partial charge in [-0.2, -0.15) is 0 Å². The molecule has 1 heterocycles. The molecule has 1 aliphatic carbocycles. The summed E-state index contributed by atoms with van der Waals surface area (Å²) in [5.41, 5.74) is 6.38. The van der Waals surface area contributed by atoms with Crippen molar-refractivity contribution in [2.45, 2.75) is 54.7 Å². The number of amides is 1. The van der Waals surface area contributed by atoms with E-state index in [2.05, 4.69) is 0 Å². The van der Waals surface area contributed by atoms with Crippen LogP contribution in [0.1, 0.15) is 25.7 Å². The SMILES string of the molecule is N[C@H](C1CCN(C(=O)[C@H](O)CO)CC1)C1C(O)CCC(Cl)C1Cl. The average molecular weight is 369 g/mol. The Bertz CT molecular complexity index is 407. The summed E-state index contributed by atoms with van der Waals surface area (Å²) in [6.07, 6.45) is 0.764. The molecule has 2 fully saturated rings. The monoisotopic (exact) mass is 368 g/mol. The third-order valence-electron chi connectivity index (χ3n) is 5.19. The zero-order chi connectivity index (χ0) is 17.1. The number of piperidine rings is 1. The minimum atomic E-state index is -1.36. The van der Waals surface area contributed by atoms with Gasteiger partial charge in [0.2, 0.25) is 0 Å². The number of hydrogen-bond acceptors (Lipinski definition) is 5. The van der Waals surface area contributed by atoms with Crippen LogP contribution in [0.5, 0.6) is 0 Å². The summed E-state index contributed by atoms with van der Waals surface area (Å²) in [6, 6.07) is -0.269. The minimum Gasteiger partial charge on any atom is -0.393 e. The summed E-state index contributed by atoms with van der Waals surface area (Å²) in [5.74, 6) is -0.551. The van der Waals surface area contributed by atoms with Crippen LogP contribution in [0.15, 0.2) is 0 Å². The van der Waals surface area contributed by atoms with E-state index in [0.29, 0.717) is 38.8 Å². The second-order valence-corrected chi connectivity index (χ2v) is 7.69. The topological polar surface area (TPSA) is 107 Å². The van der Waals surface area contributed by atoms with Crippen molar-refractivity contribution >= 4 is 29.1 Å². The fourth-order valence-corrected chi connectivity index (χ4v) is 4.47. The van der Waals surface area contributed by atoms with Gasteiger partial charge in [-0.3, -0.25) is 4.79 Å². The lowest BCUT2D eigenvalue weighted by Gasteiger charge is -2.43. The summed E-state index contributed by atoms with van der Waals surface area (Å²) < 4.78 is 0. The van der Waals surface area contributed by atoms with Crippen LogP contribution in [0.3, 0.4) is 0 Å². The molecule has 4 unspecified atom stereocenters. The maximum Gasteiger partial charge on any atom is 0.253 e. The quantitative estimate of drug-likeness (QED) is 0.518. The molecule has 0 spiro atoms. The normalized spacial score (nSPS) is 35.8. The van der Waals surface area contributed by atoms with Crippen molar-refractivity contribution in [1.82, 2.24) is 4.90 Å². The van der Waals surface area contributed by atoms with E-state index in [-0.39, 0.29) is 28.6 Å². The Morgan fingerprint density at radius 2 is 1.83 bits per heavy atom. The maximum absolute atomic E-state index is 11.9. The number of rotatable bonds is 4. The lowest BCUT2D eigenvalue weighted by atomic mass is 9.74. The lowest BCUT2D eigenvalue weighted by Crippen LogP contribution is -2.55. The number of aliphatic hydroxyl groups excluding tert-OH is 3. The van der Waals surface area contributed by atoms with Gasteiger partial charge in [0.1, 0.15) is 0 Å². The predicted octanol–water partition coefficient (Wildman–Crippen LogP) is -0.109. The van der Waals surface area contributed by atoms with E-state index in [4.69, 9.17) is 34.0 Å². The van der Waals surface area contributed by atoms with Crippen molar-refractivity contribution in [3.63, 3.8) is 0 Å². The second kappa shape index (κ2) is 8.32. The first-order valence-corrected chi connectivity index (χ1v) is 9.03. The Labute approximate surface area is 146 Å². The number of hydrogen-bond donors (Lipinski definition) is 4. The Kier molecular flexibility index (Phi) is 6.95. The first-order valence-electron chi connectivity index (χ1n) is 8.16. The molecule has 0 aromatic rings. The molecule has 1 saturated carbocycles. The Hall–Kier alpha value is -0.110. The molecular weight excluding hydrogens is 343 g/mol. The molecular formula is C15H26Cl2N2O4. The predicted molar refractivity (Wildman–Crippen MR) is 88.4 cm³/mol. The van der Waals surface area contributed by atoms with Crippen molar-refractivity contribution in [3.8, 4) is 0 Å². The molecule has 2 rings (SSSR count). The van der Waals surface area contributed by atoms with Crippen LogP contribution in [-0.4, -0.2) is 74.8 Å². The molecule has 0 bridgehead atoms. The highest BCUT2D eigenvalue weighted by molar-refractivity contribution is 6.30. The van der Waals surface area contributed by atoms with E-state index in [1.807, 2.05) is 0 Å². The van der Waals surface area contributed by atoms with Gasteiger partial charge in [-0.05, 0) is 31.6 Å². The first-order chi connectivity index (χ1) is 10.9. The summed E-state index contributed by atoms with van der Waals surface area (Å²) in [6.45, 7) is 0.389. The van der Waals surface area contributed by atoms with Gasteiger partial charge >= 0.3 is 0 Å². The summed E-state index contributed by atoms with van der Waals surface area (Å²) in [7, 11) is 0. The average Bonchev–Trinajstić information content (AvgIpc) is 2.57. The van der Waals surface area contributed by atoms with E-state index in [1.165, 1.54) is 0 Å². The van der Waals surface area contributed by atoms with E-state index >= 15 is 0 Å². The molecule has 0 aromatic carbocycles. The summed E-state index contributed by atoms with van der Waals surface area (Å²) in [4.78, 5) is 13.4. The summed E-state index contributed by atoms with van der Waals surface area (Å²) >= 11 is 12.6. The third kappa shape index (κ3) is 4.30. The number of nitrogens with zero attached hydrogens (tertiary/aromatic N) is 1. The molecule has 8 heteroatoms. The fraction of sp³-hybridized carbons (Fsp3) is 0.933. The highest BCUT2D eigenvalue weighted by Gasteiger charge is 2.43. The van der Waals surface area contributed by atoms with E-state index in [9.17, 15) is 15.0 Å². The zero-order valence-corrected chi connectivity index (χ0v) is 14.5. The standard InChI is InChI=1S/C15H26Cl2N2O4/c16-9-1-2-10(21)12(13(9)17)14(18)8-3-5-19(6-4-8)15(23)11(22)7-20/h8-14,20-22H,1-7,18H2/t9?,10?,11-,12?,13?,14-/m1/s1. The lowest BCUT2D eigenvalue weighted by molar-refractivity contribution is -0.143. The van der Waals surface area contributed by atoms with Gasteiger partial charge in [0, 0.05) is 25.0 Å².